The third-order valence-corrected chi connectivity index (χ3v) is 3.61. The largest absolute Gasteiger partial charge is 0.397 e. The van der Waals surface area contributed by atoms with Crippen molar-refractivity contribution >= 4 is 22.8 Å². The SMILES string of the molecule is CC(=O)c1ccc(N2CCc3ccccc32)c(N)c1. The number of nitrogen functional groups attached to an aromatic ring is 1. The van der Waals surface area contributed by atoms with E-state index in [1.165, 1.54) is 11.3 Å². The minimum Gasteiger partial charge on any atom is -0.397 e. The van der Waals surface area contributed by atoms with Crippen LogP contribution in [0.5, 0.6) is 0 Å². The molecule has 3 rings (SSSR count). The molecule has 2 aromatic carbocycles. The van der Waals surface area contributed by atoms with E-state index < -0.39 is 0 Å². The molecule has 0 spiro atoms. The summed E-state index contributed by atoms with van der Waals surface area (Å²) in [4.78, 5) is 13.6. The van der Waals surface area contributed by atoms with E-state index in [4.69, 9.17) is 5.73 Å². The second kappa shape index (κ2) is 4.43. The maximum Gasteiger partial charge on any atom is 0.159 e. The Morgan fingerprint density at radius 1 is 1.16 bits per heavy atom. The Kier molecular flexibility index (Phi) is 2.75. The lowest BCUT2D eigenvalue weighted by Crippen LogP contribution is -2.15. The van der Waals surface area contributed by atoms with Gasteiger partial charge >= 0.3 is 0 Å². The lowest BCUT2D eigenvalue weighted by Gasteiger charge is -2.21. The van der Waals surface area contributed by atoms with Crippen LogP contribution in [-0.4, -0.2) is 12.3 Å². The third kappa shape index (κ3) is 1.97. The summed E-state index contributed by atoms with van der Waals surface area (Å²) in [5.41, 5.74) is 11.0. The maximum absolute atomic E-state index is 11.4. The highest BCUT2D eigenvalue weighted by Gasteiger charge is 2.21. The van der Waals surface area contributed by atoms with Gasteiger partial charge in [0.2, 0.25) is 0 Å². The summed E-state index contributed by atoms with van der Waals surface area (Å²) in [5, 5.41) is 0. The molecule has 1 aliphatic rings. The van der Waals surface area contributed by atoms with Gasteiger partial charge in [-0.15, -0.1) is 0 Å². The van der Waals surface area contributed by atoms with Crippen LogP contribution in [-0.2, 0) is 6.42 Å². The zero-order chi connectivity index (χ0) is 13.4. The number of benzene rings is 2. The Bertz CT molecular complexity index is 649. The molecule has 0 bridgehead atoms. The van der Waals surface area contributed by atoms with E-state index in [0.29, 0.717) is 11.3 Å². The lowest BCUT2D eigenvalue weighted by molar-refractivity contribution is 0.101. The number of nitrogens with zero attached hydrogens (tertiary/aromatic N) is 1. The molecule has 1 heterocycles. The van der Waals surface area contributed by atoms with Gasteiger partial charge in [-0.3, -0.25) is 4.79 Å². The minimum absolute atomic E-state index is 0.0417. The van der Waals surface area contributed by atoms with Gasteiger partial charge in [0.1, 0.15) is 0 Å². The molecule has 3 heteroatoms. The first-order valence-electron chi connectivity index (χ1n) is 6.43. The lowest BCUT2D eigenvalue weighted by atomic mass is 10.1. The highest BCUT2D eigenvalue weighted by molar-refractivity contribution is 5.96. The summed E-state index contributed by atoms with van der Waals surface area (Å²) < 4.78 is 0. The van der Waals surface area contributed by atoms with Crippen molar-refractivity contribution < 1.29 is 4.79 Å². The predicted molar refractivity (Wildman–Crippen MR) is 78.0 cm³/mol. The van der Waals surface area contributed by atoms with Crippen molar-refractivity contribution in [3.05, 3.63) is 53.6 Å². The molecular weight excluding hydrogens is 236 g/mol. The second-order valence-corrected chi connectivity index (χ2v) is 4.86. The Labute approximate surface area is 112 Å². The van der Waals surface area contributed by atoms with Crippen molar-refractivity contribution in [2.45, 2.75) is 13.3 Å². The van der Waals surface area contributed by atoms with Crippen LogP contribution in [0.3, 0.4) is 0 Å². The summed E-state index contributed by atoms with van der Waals surface area (Å²) in [6.07, 6.45) is 1.03. The Balaban J connectivity index is 2.03. The van der Waals surface area contributed by atoms with Gasteiger partial charge in [-0.1, -0.05) is 18.2 Å². The zero-order valence-electron chi connectivity index (χ0n) is 10.9. The van der Waals surface area contributed by atoms with E-state index in [2.05, 4.69) is 23.1 Å². The van der Waals surface area contributed by atoms with E-state index in [-0.39, 0.29) is 5.78 Å². The van der Waals surface area contributed by atoms with Crippen LogP contribution in [0.2, 0.25) is 0 Å². The molecule has 3 nitrogen and oxygen atoms in total. The number of ketones is 1. The quantitative estimate of drug-likeness (QED) is 0.659. The fourth-order valence-corrected chi connectivity index (χ4v) is 2.61. The Morgan fingerprint density at radius 2 is 1.95 bits per heavy atom. The second-order valence-electron chi connectivity index (χ2n) is 4.86. The van der Waals surface area contributed by atoms with E-state index in [0.717, 1.165) is 18.7 Å². The normalized spacial score (nSPS) is 13.4. The van der Waals surface area contributed by atoms with Crippen LogP contribution >= 0.6 is 0 Å². The fourth-order valence-electron chi connectivity index (χ4n) is 2.61. The van der Waals surface area contributed by atoms with Gasteiger partial charge in [-0.25, -0.2) is 0 Å². The average Bonchev–Trinajstić information content (AvgIpc) is 2.82. The van der Waals surface area contributed by atoms with Crippen molar-refractivity contribution in [2.24, 2.45) is 0 Å². The van der Waals surface area contributed by atoms with Gasteiger partial charge in [0.25, 0.3) is 0 Å². The standard InChI is InChI=1S/C16H16N2O/c1-11(19)13-6-7-16(14(17)10-13)18-9-8-12-4-2-3-5-15(12)18/h2-7,10H,8-9,17H2,1H3. The third-order valence-electron chi connectivity index (χ3n) is 3.61. The van der Waals surface area contributed by atoms with Crippen molar-refractivity contribution in [1.29, 1.82) is 0 Å². The number of carbonyl (C=O) groups excluding carboxylic acids is 1. The van der Waals surface area contributed by atoms with Gasteiger partial charge in [-0.2, -0.15) is 0 Å². The average molecular weight is 252 g/mol. The number of anilines is 3. The number of rotatable bonds is 2. The summed E-state index contributed by atoms with van der Waals surface area (Å²) in [6, 6.07) is 13.9. The number of hydrogen-bond acceptors (Lipinski definition) is 3. The number of fused-ring (bicyclic) bond motifs is 1. The number of carbonyl (C=O) groups is 1. The molecule has 0 unspecified atom stereocenters. The fraction of sp³-hybridized carbons (Fsp3) is 0.188. The molecule has 0 radical (unpaired) electrons. The summed E-state index contributed by atoms with van der Waals surface area (Å²) in [5.74, 6) is 0.0417. The molecule has 0 fully saturated rings. The summed E-state index contributed by atoms with van der Waals surface area (Å²) >= 11 is 0. The van der Waals surface area contributed by atoms with Gasteiger partial charge in [0, 0.05) is 17.8 Å². The first kappa shape index (κ1) is 11.8. The van der Waals surface area contributed by atoms with Gasteiger partial charge in [0.05, 0.1) is 11.4 Å². The molecule has 0 saturated heterocycles. The molecule has 0 saturated carbocycles. The molecule has 96 valence electrons. The topological polar surface area (TPSA) is 46.3 Å². The zero-order valence-corrected chi connectivity index (χ0v) is 10.9. The van der Waals surface area contributed by atoms with E-state index in [1.54, 1.807) is 13.0 Å². The van der Waals surface area contributed by atoms with E-state index in [9.17, 15) is 4.79 Å². The number of para-hydroxylation sites is 1. The molecular formula is C16H16N2O. The smallest absolute Gasteiger partial charge is 0.159 e. The van der Waals surface area contributed by atoms with Crippen molar-refractivity contribution in [3.8, 4) is 0 Å². The van der Waals surface area contributed by atoms with Crippen molar-refractivity contribution in [1.82, 2.24) is 0 Å². The summed E-state index contributed by atoms with van der Waals surface area (Å²) in [6.45, 7) is 2.49. The predicted octanol–water partition coefficient (Wildman–Crippen LogP) is 3.17. The number of nitrogens with two attached hydrogens (primary N) is 1. The first-order chi connectivity index (χ1) is 9.16. The van der Waals surface area contributed by atoms with E-state index >= 15 is 0 Å². The molecule has 0 aromatic heterocycles. The molecule has 2 aromatic rings. The summed E-state index contributed by atoms with van der Waals surface area (Å²) in [7, 11) is 0. The first-order valence-corrected chi connectivity index (χ1v) is 6.43. The molecule has 0 aliphatic carbocycles. The minimum atomic E-state index is 0.0417. The molecule has 1 aliphatic heterocycles. The molecule has 0 amide bonds. The maximum atomic E-state index is 11.4. The van der Waals surface area contributed by atoms with Gasteiger partial charge in [-0.05, 0) is 43.2 Å². The van der Waals surface area contributed by atoms with Crippen LogP contribution < -0.4 is 10.6 Å². The van der Waals surface area contributed by atoms with Crippen LogP contribution in [0.25, 0.3) is 0 Å². The Morgan fingerprint density at radius 3 is 2.68 bits per heavy atom. The van der Waals surface area contributed by atoms with Crippen molar-refractivity contribution in [2.75, 3.05) is 17.2 Å². The number of hydrogen-bond donors (Lipinski definition) is 1. The molecule has 0 atom stereocenters. The van der Waals surface area contributed by atoms with Crippen molar-refractivity contribution in [3.63, 3.8) is 0 Å². The number of Topliss-reactive ketones (excluding diaryl/α,β-unsaturated/α-hetero) is 1. The van der Waals surface area contributed by atoms with Crippen LogP contribution in [0.1, 0.15) is 22.8 Å². The highest BCUT2D eigenvalue weighted by Crippen LogP contribution is 2.37. The molecule has 19 heavy (non-hydrogen) atoms. The van der Waals surface area contributed by atoms with Gasteiger partial charge < -0.3 is 10.6 Å². The molecule has 2 N–H and O–H groups in total. The highest BCUT2D eigenvalue weighted by atomic mass is 16.1. The van der Waals surface area contributed by atoms with Crippen LogP contribution in [0, 0.1) is 0 Å². The Hall–Kier alpha value is -2.29. The van der Waals surface area contributed by atoms with Crippen LogP contribution in [0.15, 0.2) is 42.5 Å². The van der Waals surface area contributed by atoms with Crippen LogP contribution in [0.4, 0.5) is 17.1 Å². The van der Waals surface area contributed by atoms with E-state index in [1.807, 2.05) is 18.2 Å². The van der Waals surface area contributed by atoms with Gasteiger partial charge in [0.15, 0.2) is 5.78 Å². The monoisotopic (exact) mass is 252 g/mol.